The molecule has 2 N–H and O–H groups in total. The molecular weight excluding hydrogens is 338 g/mol. The molecule has 0 saturated carbocycles. The normalized spacial score (nSPS) is 12.5. The summed E-state index contributed by atoms with van der Waals surface area (Å²) in [5.74, 6) is -0.473. The van der Waals surface area contributed by atoms with Crippen LogP contribution in [0.1, 0.15) is 24.2 Å². The van der Waals surface area contributed by atoms with E-state index in [1.165, 1.54) is 21.9 Å². The van der Waals surface area contributed by atoms with Gasteiger partial charge in [-0.25, -0.2) is 4.98 Å². The zero-order valence-corrected chi connectivity index (χ0v) is 14.8. The first kappa shape index (κ1) is 17.3. The van der Waals surface area contributed by atoms with E-state index >= 15 is 0 Å². The number of aliphatic hydroxyl groups excluding tert-OH is 1. The van der Waals surface area contributed by atoms with Crippen LogP contribution in [0.15, 0.2) is 46.7 Å². The maximum Gasteiger partial charge on any atom is 0.271 e. The highest BCUT2D eigenvalue weighted by molar-refractivity contribution is 7.15. The zero-order chi connectivity index (χ0) is 18.0. The van der Waals surface area contributed by atoms with E-state index in [4.69, 9.17) is 0 Å². The van der Waals surface area contributed by atoms with Crippen molar-refractivity contribution in [2.24, 2.45) is 5.92 Å². The number of nitrogens with zero attached hydrogens (tertiary/aromatic N) is 2. The Morgan fingerprint density at radius 2 is 2.04 bits per heavy atom. The molecule has 0 unspecified atom stereocenters. The summed E-state index contributed by atoms with van der Waals surface area (Å²) in [4.78, 5) is 30.1. The van der Waals surface area contributed by atoms with Gasteiger partial charge in [0.1, 0.15) is 5.56 Å². The van der Waals surface area contributed by atoms with Gasteiger partial charge in [-0.15, -0.1) is 11.3 Å². The number of aromatic nitrogens is 2. The van der Waals surface area contributed by atoms with Gasteiger partial charge >= 0.3 is 0 Å². The van der Waals surface area contributed by atoms with E-state index in [1.807, 2.05) is 49.6 Å². The van der Waals surface area contributed by atoms with Crippen LogP contribution in [0.5, 0.6) is 0 Å². The zero-order valence-electron chi connectivity index (χ0n) is 14.0. The summed E-state index contributed by atoms with van der Waals surface area (Å²) in [7, 11) is 0. The molecule has 0 fully saturated rings. The van der Waals surface area contributed by atoms with Gasteiger partial charge in [-0.2, -0.15) is 0 Å². The first-order chi connectivity index (χ1) is 12.0. The van der Waals surface area contributed by atoms with Crippen molar-refractivity contribution in [2.45, 2.75) is 19.9 Å². The molecule has 3 rings (SSSR count). The number of benzene rings is 1. The van der Waals surface area contributed by atoms with E-state index < -0.39 is 17.5 Å². The number of amides is 1. The van der Waals surface area contributed by atoms with E-state index in [-0.39, 0.29) is 18.1 Å². The van der Waals surface area contributed by atoms with Crippen molar-refractivity contribution in [3.8, 4) is 11.3 Å². The summed E-state index contributed by atoms with van der Waals surface area (Å²) in [6.45, 7) is 3.60. The molecule has 1 aromatic carbocycles. The molecule has 1 amide bonds. The number of carbonyl (C=O) groups is 1. The van der Waals surface area contributed by atoms with Gasteiger partial charge < -0.3 is 10.4 Å². The van der Waals surface area contributed by atoms with Crippen molar-refractivity contribution in [3.05, 3.63) is 57.8 Å². The van der Waals surface area contributed by atoms with Gasteiger partial charge in [0, 0.05) is 11.6 Å². The number of nitrogens with one attached hydrogen (secondary N) is 1. The van der Waals surface area contributed by atoms with Crippen molar-refractivity contribution < 1.29 is 9.90 Å². The molecule has 25 heavy (non-hydrogen) atoms. The second-order valence-electron chi connectivity index (χ2n) is 6.09. The van der Waals surface area contributed by atoms with Gasteiger partial charge in [-0.1, -0.05) is 44.2 Å². The molecule has 2 aromatic heterocycles. The summed E-state index contributed by atoms with van der Waals surface area (Å²) in [5, 5.41) is 13.9. The monoisotopic (exact) mass is 357 g/mol. The van der Waals surface area contributed by atoms with Crippen molar-refractivity contribution in [1.29, 1.82) is 0 Å². The van der Waals surface area contributed by atoms with Crippen LogP contribution in [0.4, 0.5) is 0 Å². The van der Waals surface area contributed by atoms with Crippen LogP contribution in [0.25, 0.3) is 16.2 Å². The molecule has 3 aromatic rings. The summed E-state index contributed by atoms with van der Waals surface area (Å²) in [5.41, 5.74) is 1.14. The number of hydrogen-bond acceptors (Lipinski definition) is 5. The molecule has 0 radical (unpaired) electrons. The summed E-state index contributed by atoms with van der Waals surface area (Å²) in [6, 6.07) is 9.08. The van der Waals surface area contributed by atoms with E-state index in [0.717, 1.165) is 5.56 Å². The molecule has 1 atom stereocenters. The van der Waals surface area contributed by atoms with Crippen LogP contribution in [0.2, 0.25) is 0 Å². The largest absolute Gasteiger partial charge is 0.394 e. The minimum absolute atomic E-state index is 0.0350. The fourth-order valence-electron chi connectivity index (χ4n) is 2.53. The van der Waals surface area contributed by atoms with Crippen molar-refractivity contribution in [2.75, 3.05) is 6.61 Å². The van der Waals surface area contributed by atoms with Gasteiger partial charge in [0.15, 0.2) is 4.96 Å². The third-order valence-corrected chi connectivity index (χ3v) is 4.92. The third-order valence-electron chi connectivity index (χ3n) is 4.08. The highest BCUT2D eigenvalue weighted by Crippen LogP contribution is 2.23. The summed E-state index contributed by atoms with van der Waals surface area (Å²) >= 11 is 1.35. The molecule has 130 valence electrons. The van der Waals surface area contributed by atoms with Crippen LogP contribution in [0, 0.1) is 5.92 Å². The SMILES string of the molecule is CC(C)[C@@H](CO)NC(=O)c1cnc2scc(-c3ccccc3)n2c1=O. The second-order valence-corrected chi connectivity index (χ2v) is 6.93. The lowest BCUT2D eigenvalue weighted by Gasteiger charge is -2.19. The minimum Gasteiger partial charge on any atom is -0.394 e. The standard InChI is InChI=1S/C18H19N3O3S/c1-11(2)14(9-22)20-16(23)13-8-19-18-21(17(13)24)15(10-25-18)12-6-4-3-5-7-12/h3-8,10-11,14,22H,9H2,1-2H3,(H,20,23)/t14-/m1/s1. The van der Waals surface area contributed by atoms with Gasteiger partial charge in [-0.05, 0) is 11.5 Å². The molecule has 7 heteroatoms. The third kappa shape index (κ3) is 3.33. The molecule has 0 bridgehead atoms. The Kier molecular flexibility index (Phi) is 4.96. The number of carbonyl (C=O) groups excluding carboxylic acids is 1. The van der Waals surface area contributed by atoms with E-state index in [0.29, 0.717) is 10.7 Å². The lowest BCUT2D eigenvalue weighted by atomic mass is 10.1. The molecule has 0 spiro atoms. The molecule has 0 aliphatic carbocycles. The first-order valence-corrected chi connectivity index (χ1v) is 8.87. The Labute approximate surface area is 148 Å². The first-order valence-electron chi connectivity index (χ1n) is 7.99. The van der Waals surface area contributed by atoms with Gasteiger partial charge in [0.25, 0.3) is 11.5 Å². The van der Waals surface area contributed by atoms with Crippen molar-refractivity contribution in [1.82, 2.24) is 14.7 Å². The number of aliphatic hydroxyl groups is 1. The molecule has 0 aliphatic rings. The average Bonchev–Trinajstić information content (AvgIpc) is 3.05. The predicted molar refractivity (Wildman–Crippen MR) is 98.0 cm³/mol. The molecule has 6 nitrogen and oxygen atoms in total. The highest BCUT2D eigenvalue weighted by Gasteiger charge is 2.21. The van der Waals surface area contributed by atoms with Crippen LogP contribution in [-0.2, 0) is 0 Å². The quantitative estimate of drug-likeness (QED) is 0.733. The highest BCUT2D eigenvalue weighted by atomic mass is 32.1. The number of fused-ring (bicyclic) bond motifs is 1. The Balaban J connectivity index is 2.05. The fourth-order valence-corrected chi connectivity index (χ4v) is 3.39. The van der Waals surface area contributed by atoms with Crippen LogP contribution >= 0.6 is 11.3 Å². The Morgan fingerprint density at radius 1 is 1.32 bits per heavy atom. The Bertz CT molecular complexity index is 947. The minimum atomic E-state index is -0.523. The maximum absolute atomic E-state index is 12.9. The predicted octanol–water partition coefficient (Wildman–Crippen LogP) is 2.17. The summed E-state index contributed by atoms with van der Waals surface area (Å²) in [6.07, 6.45) is 1.30. The molecule has 2 heterocycles. The maximum atomic E-state index is 12.9. The molecule has 0 aliphatic heterocycles. The van der Waals surface area contributed by atoms with E-state index in [1.54, 1.807) is 0 Å². The molecular formula is C18H19N3O3S. The summed E-state index contributed by atoms with van der Waals surface area (Å²) < 4.78 is 1.46. The topological polar surface area (TPSA) is 83.7 Å². The smallest absolute Gasteiger partial charge is 0.271 e. The van der Waals surface area contributed by atoms with Crippen LogP contribution in [0.3, 0.4) is 0 Å². The van der Waals surface area contributed by atoms with Crippen molar-refractivity contribution >= 4 is 22.2 Å². The van der Waals surface area contributed by atoms with Crippen LogP contribution < -0.4 is 10.9 Å². The fraction of sp³-hybridized carbons (Fsp3) is 0.278. The Morgan fingerprint density at radius 3 is 2.68 bits per heavy atom. The molecule has 0 saturated heterocycles. The van der Waals surface area contributed by atoms with Gasteiger partial charge in [0.05, 0.1) is 18.3 Å². The van der Waals surface area contributed by atoms with Gasteiger partial charge in [-0.3, -0.25) is 14.0 Å². The van der Waals surface area contributed by atoms with E-state index in [9.17, 15) is 14.7 Å². The lowest BCUT2D eigenvalue weighted by Crippen LogP contribution is -2.43. The average molecular weight is 357 g/mol. The lowest BCUT2D eigenvalue weighted by molar-refractivity contribution is 0.0895. The van der Waals surface area contributed by atoms with Crippen molar-refractivity contribution in [3.63, 3.8) is 0 Å². The van der Waals surface area contributed by atoms with Crippen LogP contribution in [-0.4, -0.2) is 33.0 Å². The number of rotatable bonds is 5. The second kappa shape index (κ2) is 7.16. The van der Waals surface area contributed by atoms with Gasteiger partial charge in [0.2, 0.25) is 0 Å². The number of hydrogen-bond donors (Lipinski definition) is 2. The number of thiazole rings is 1. The Hall–Kier alpha value is -2.51. The van der Waals surface area contributed by atoms with E-state index in [2.05, 4.69) is 10.3 Å².